The molecule has 1 amide bonds. The number of pyridine rings is 2. The highest BCUT2D eigenvalue weighted by Gasteiger charge is 2.13. The van der Waals surface area contributed by atoms with Gasteiger partial charge in [0.1, 0.15) is 5.82 Å². The number of carbonyl (C=O) groups excluding carboxylic acids is 1. The first-order valence-electron chi connectivity index (χ1n) is 7.75. The van der Waals surface area contributed by atoms with E-state index in [4.69, 9.17) is 0 Å². The molecule has 1 N–H and O–H groups in total. The Morgan fingerprint density at radius 2 is 2.08 bits per heavy atom. The van der Waals surface area contributed by atoms with Gasteiger partial charge in [0.25, 0.3) is 5.91 Å². The van der Waals surface area contributed by atoms with Gasteiger partial charge in [-0.2, -0.15) is 0 Å². The minimum atomic E-state index is -0.352. The molecular formula is C18H14FN5O. The molecule has 3 heterocycles. The van der Waals surface area contributed by atoms with Crippen LogP contribution in [0.5, 0.6) is 0 Å². The molecule has 0 saturated carbocycles. The van der Waals surface area contributed by atoms with Crippen LogP contribution in [-0.2, 0) is 6.54 Å². The Labute approximate surface area is 142 Å². The van der Waals surface area contributed by atoms with Crippen molar-refractivity contribution < 1.29 is 9.18 Å². The molecule has 0 spiro atoms. The van der Waals surface area contributed by atoms with E-state index in [0.717, 1.165) is 5.65 Å². The number of benzene rings is 1. The summed E-state index contributed by atoms with van der Waals surface area (Å²) in [5.41, 5.74) is 2.24. The van der Waals surface area contributed by atoms with E-state index < -0.39 is 0 Å². The highest BCUT2D eigenvalue weighted by molar-refractivity contribution is 5.98. The Kier molecular flexibility index (Phi) is 3.61. The molecular weight excluding hydrogens is 321 g/mol. The maximum Gasteiger partial charge on any atom is 0.253 e. The predicted molar refractivity (Wildman–Crippen MR) is 90.6 cm³/mol. The third-order valence-corrected chi connectivity index (χ3v) is 4.01. The van der Waals surface area contributed by atoms with Crippen LogP contribution in [0.25, 0.3) is 16.6 Å². The first kappa shape index (κ1) is 15.2. The van der Waals surface area contributed by atoms with Crippen LogP contribution in [0.1, 0.15) is 21.9 Å². The standard InChI is InChI=1S/C18H14FN5O/c1-11-14(8-12-5-6-13(19)9-15(12)21-11)18(25)20-10-17-23-22-16-4-2-3-7-24(16)17/h2-9H,10H2,1H3,(H,20,25). The molecule has 6 nitrogen and oxygen atoms in total. The summed E-state index contributed by atoms with van der Waals surface area (Å²) in [5.74, 6) is 0.0246. The number of aromatic nitrogens is 4. The zero-order valence-electron chi connectivity index (χ0n) is 13.4. The van der Waals surface area contributed by atoms with Gasteiger partial charge in [-0.15, -0.1) is 10.2 Å². The molecule has 0 aliphatic heterocycles. The van der Waals surface area contributed by atoms with Crippen LogP contribution in [0.2, 0.25) is 0 Å². The number of nitrogens with zero attached hydrogens (tertiary/aromatic N) is 4. The van der Waals surface area contributed by atoms with E-state index in [9.17, 15) is 9.18 Å². The SMILES string of the molecule is Cc1nc2cc(F)ccc2cc1C(=O)NCc1nnc2ccccn12. The molecule has 0 fully saturated rings. The fourth-order valence-corrected chi connectivity index (χ4v) is 2.73. The van der Waals surface area contributed by atoms with Gasteiger partial charge in [-0.1, -0.05) is 6.07 Å². The molecule has 4 rings (SSSR count). The van der Waals surface area contributed by atoms with E-state index in [1.165, 1.54) is 12.1 Å². The molecule has 0 saturated heterocycles. The molecule has 0 bridgehead atoms. The van der Waals surface area contributed by atoms with Crippen LogP contribution < -0.4 is 5.32 Å². The van der Waals surface area contributed by atoms with Gasteiger partial charge < -0.3 is 5.32 Å². The van der Waals surface area contributed by atoms with Crippen molar-refractivity contribution in [1.82, 2.24) is 24.9 Å². The summed E-state index contributed by atoms with van der Waals surface area (Å²) in [6, 6.07) is 11.6. The zero-order chi connectivity index (χ0) is 17.4. The highest BCUT2D eigenvalue weighted by atomic mass is 19.1. The Morgan fingerprint density at radius 3 is 2.96 bits per heavy atom. The molecule has 3 aromatic heterocycles. The van der Waals surface area contributed by atoms with Gasteiger partial charge in [-0.25, -0.2) is 4.39 Å². The average Bonchev–Trinajstić information content (AvgIpc) is 3.02. The Bertz CT molecular complexity index is 1110. The van der Waals surface area contributed by atoms with Crippen molar-refractivity contribution in [2.24, 2.45) is 0 Å². The molecule has 25 heavy (non-hydrogen) atoms. The number of fused-ring (bicyclic) bond motifs is 2. The smallest absolute Gasteiger partial charge is 0.253 e. The minimum absolute atomic E-state index is 0.241. The number of halogens is 1. The van der Waals surface area contributed by atoms with E-state index in [1.807, 2.05) is 28.8 Å². The van der Waals surface area contributed by atoms with Crippen molar-refractivity contribution in [3.63, 3.8) is 0 Å². The number of hydrogen-bond donors (Lipinski definition) is 1. The average molecular weight is 335 g/mol. The van der Waals surface area contributed by atoms with Crippen molar-refractivity contribution in [2.75, 3.05) is 0 Å². The maximum absolute atomic E-state index is 13.3. The third-order valence-electron chi connectivity index (χ3n) is 4.01. The van der Waals surface area contributed by atoms with Crippen molar-refractivity contribution in [2.45, 2.75) is 13.5 Å². The fraction of sp³-hybridized carbons (Fsp3) is 0.111. The molecule has 0 radical (unpaired) electrons. The second-order valence-electron chi connectivity index (χ2n) is 5.69. The lowest BCUT2D eigenvalue weighted by molar-refractivity contribution is 0.0949. The quantitative estimate of drug-likeness (QED) is 0.625. The van der Waals surface area contributed by atoms with Gasteiger partial charge in [0, 0.05) is 17.6 Å². The molecule has 0 aliphatic carbocycles. The van der Waals surface area contributed by atoms with Crippen LogP contribution in [0.15, 0.2) is 48.7 Å². The van der Waals surface area contributed by atoms with Gasteiger partial charge in [-0.05, 0) is 37.3 Å². The molecule has 0 atom stereocenters. The van der Waals surface area contributed by atoms with E-state index in [-0.39, 0.29) is 18.3 Å². The molecule has 7 heteroatoms. The lowest BCUT2D eigenvalue weighted by atomic mass is 10.1. The van der Waals surface area contributed by atoms with E-state index in [0.29, 0.717) is 28.0 Å². The summed E-state index contributed by atoms with van der Waals surface area (Å²) in [6.07, 6.45) is 1.84. The van der Waals surface area contributed by atoms with Crippen molar-refractivity contribution in [3.8, 4) is 0 Å². The van der Waals surface area contributed by atoms with Gasteiger partial charge >= 0.3 is 0 Å². The van der Waals surface area contributed by atoms with Gasteiger partial charge in [0.2, 0.25) is 0 Å². The maximum atomic E-state index is 13.3. The number of amides is 1. The second-order valence-corrected chi connectivity index (χ2v) is 5.69. The molecule has 0 aliphatic rings. The van der Waals surface area contributed by atoms with Gasteiger partial charge in [-0.3, -0.25) is 14.2 Å². The van der Waals surface area contributed by atoms with Crippen LogP contribution >= 0.6 is 0 Å². The van der Waals surface area contributed by atoms with Gasteiger partial charge in [0.05, 0.1) is 23.3 Å². The fourth-order valence-electron chi connectivity index (χ4n) is 2.73. The first-order chi connectivity index (χ1) is 12.1. The minimum Gasteiger partial charge on any atom is -0.345 e. The summed E-state index contributed by atoms with van der Waals surface area (Å²) in [7, 11) is 0. The van der Waals surface area contributed by atoms with Crippen molar-refractivity contribution in [1.29, 1.82) is 0 Å². The number of hydrogen-bond acceptors (Lipinski definition) is 4. The molecule has 1 aromatic carbocycles. The van der Waals surface area contributed by atoms with Crippen LogP contribution in [0.3, 0.4) is 0 Å². The normalized spacial score (nSPS) is 11.1. The predicted octanol–water partition coefficient (Wildman–Crippen LogP) is 2.66. The lowest BCUT2D eigenvalue weighted by Crippen LogP contribution is -2.25. The van der Waals surface area contributed by atoms with E-state index in [1.54, 1.807) is 19.1 Å². The first-order valence-corrected chi connectivity index (χ1v) is 7.75. The van der Waals surface area contributed by atoms with E-state index in [2.05, 4.69) is 20.5 Å². The zero-order valence-corrected chi connectivity index (χ0v) is 13.4. The number of aryl methyl sites for hydroxylation is 1. The number of carbonyl (C=O) groups is 1. The summed E-state index contributed by atoms with van der Waals surface area (Å²) < 4.78 is 15.1. The summed E-state index contributed by atoms with van der Waals surface area (Å²) >= 11 is 0. The Hall–Kier alpha value is -3.35. The van der Waals surface area contributed by atoms with Crippen LogP contribution in [0.4, 0.5) is 4.39 Å². The van der Waals surface area contributed by atoms with Crippen molar-refractivity contribution >= 4 is 22.5 Å². The van der Waals surface area contributed by atoms with Gasteiger partial charge in [0.15, 0.2) is 11.5 Å². The van der Waals surface area contributed by atoms with Crippen molar-refractivity contribution in [3.05, 3.63) is 71.6 Å². The number of nitrogens with one attached hydrogen (secondary N) is 1. The van der Waals surface area contributed by atoms with Crippen LogP contribution in [0, 0.1) is 12.7 Å². The highest BCUT2D eigenvalue weighted by Crippen LogP contribution is 2.18. The molecule has 4 aromatic rings. The Balaban J connectivity index is 1.59. The lowest BCUT2D eigenvalue weighted by Gasteiger charge is -2.08. The van der Waals surface area contributed by atoms with E-state index >= 15 is 0 Å². The monoisotopic (exact) mass is 335 g/mol. The van der Waals surface area contributed by atoms with Crippen LogP contribution in [-0.4, -0.2) is 25.5 Å². The topological polar surface area (TPSA) is 72.2 Å². The molecule has 124 valence electrons. The third kappa shape index (κ3) is 2.80. The summed E-state index contributed by atoms with van der Waals surface area (Å²) in [4.78, 5) is 16.8. The molecule has 0 unspecified atom stereocenters. The second kappa shape index (κ2) is 5.94. The summed E-state index contributed by atoms with van der Waals surface area (Å²) in [5, 5.41) is 11.7. The Morgan fingerprint density at radius 1 is 1.20 bits per heavy atom. The largest absolute Gasteiger partial charge is 0.345 e. The summed E-state index contributed by atoms with van der Waals surface area (Å²) in [6.45, 7) is 1.97. The number of rotatable bonds is 3.